The highest BCUT2D eigenvalue weighted by Crippen LogP contribution is 2.27. The number of carbonyl (C=O) groups excluding carboxylic acids is 3. The molecule has 6 nitrogen and oxygen atoms in total. The molecule has 112 valence electrons. The fraction of sp³-hybridized carbons (Fsp3) is 0.308. The average Bonchev–Trinajstić information content (AvgIpc) is 2.64. The lowest BCUT2D eigenvalue weighted by atomic mass is 10.3. The topological polar surface area (TPSA) is 66.9 Å². The molecule has 0 aromatic heterocycles. The first-order valence-electron chi connectivity index (χ1n) is 6.21. The largest absolute Gasteiger partial charge is 0.490 e. The van der Waals surface area contributed by atoms with Gasteiger partial charge in [0.05, 0.1) is 11.6 Å². The number of urea groups is 1. The monoisotopic (exact) mass is 330 g/mol. The molecular formula is C13H12Cl2N2O4. The number of halogens is 2. The number of benzene rings is 1. The maximum Gasteiger partial charge on any atom is 0.334 e. The maximum atomic E-state index is 11.8. The second-order valence-electron chi connectivity index (χ2n) is 4.21. The van der Waals surface area contributed by atoms with Crippen molar-refractivity contribution in [1.29, 1.82) is 0 Å². The Morgan fingerprint density at radius 2 is 1.76 bits per heavy atom. The van der Waals surface area contributed by atoms with Crippen LogP contribution in [0, 0.1) is 0 Å². The lowest BCUT2D eigenvalue weighted by molar-refractivity contribution is -0.143. The van der Waals surface area contributed by atoms with Crippen molar-refractivity contribution in [2.75, 3.05) is 19.7 Å². The zero-order valence-electron chi connectivity index (χ0n) is 11.1. The second kappa shape index (κ2) is 6.32. The van der Waals surface area contributed by atoms with Crippen LogP contribution in [0.1, 0.15) is 6.92 Å². The van der Waals surface area contributed by atoms with Crippen LogP contribution >= 0.6 is 23.2 Å². The molecule has 1 aliphatic rings. The summed E-state index contributed by atoms with van der Waals surface area (Å²) in [4.78, 5) is 36.7. The number of ether oxygens (including phenoxy) is 1. The number of carbonyl (C=O) groups is 3. The molecule has 0 radical (unpaired) electrons. The van der Waals surface area contributed by atoms with Gasteiger partial charge in [-0.1, -0.05) is 23.2 Å². The van der Waals surface area contributed by atoms with E-state index in [1.807, 2.05) is 0 Å². The highest BCUT2D eigenvalue weighted by Gasteiger charge is 2.43. The number of nitrogens with zero attached hydrogens (tertiary/aromatic N) is 2. The van der Waals surface area contributed by atoms with Crippen LogP contribution in [-0.4, -0.2) is 47.3 Å². The zero-order valence-corrected chi connectivity index (χ0v) is 12.6. The molecule has 1 aromatic carbocycles. The molecule has 0 unspecified atom stereocenters. The van der Waals surface area contributed by atoms with E-state index in [1.54, 1.807) is 19.1 Å². The van der Waals surface area contributed by atoms with Gasteiger partial charge in [-0.2, -0.15) is 0 Å². The molecule has 0 aliphatic carbocycles. The zero-order chi connectivity index (χ0) is 15.6. The van der Waals surface area contributed by atoms with E-state index in [0.717, 1.165) is 9.80 Å². The lowest BCUT2D eigenvalue weighted by Gasteiger charge is -2.15. The number of imide groups is 2. The van der Waals surface area contributed by atoms with Crippen LogP contribution in [-0.2, 0) is 9.59 Å². The molecular weight excluding hydrogens is 319 g/mol. The second-order valence-corrected chi connectivity index (χ2v) is 5.06. The highest BCUT2D eigenvalue weighted by molar-refractivity contribution is 6.44. The summed E-state index contributed by atoms with van der Waals surface area (Å²) in [6.07, 6.45) is 0. The number of hydrogen-bond acceptors (Lipinski definition) is 4. The van der Waals surface area contributed by atoms with Crippen LogP contribution in [0.4, 0.5) is 4.79 Å². The molecule has 1 saturated heterocycles. The van der Waals surface area contributed by atoms with Gasteiger partial charge in [0.25, 0.3) is 0 Å². The molecule has 21 heavy (non-hydrogen) atoms. The van der Waals surface area contributed by atoms with Crippen LogP contribution in [0.15, 0.2) is 18.2 Å². The molecule has 0 atom stereocenters. The first-order valence-corrected chi connectivity index (χ1v) is 6.96. The Balaban J connectivity index is 1.96. The van der Waals surface area contributed by atoms with Gasteiger partial charge in [-0.25, -0.2) is 4.79 Å². The molecule has 4 amide bonds. The number of rotatable bonds is 5. The van der Waals surface area contributed by atoms with Crippen LogP contribution in [0.25, 0.3) is 0 Å². The van der Waals surface area contributed by atoms with E-state index in [1.165, 1.54) is 6.07 Å². The van der Waals surface area contributed by atoms with Crippen LogP contribution in [0.2, 0.25) is 10.0 Å². The molecule has 1 aliphatic heterocycles. The van der Waals surface area contributed by atoms with Gasteiger partial charge in [0, 0.05) is 11.6 Å². The van der Waals surface area contributed by atoms with Crippen LogP contribution in [0.5, 0.6) is 5.75 Å². The van der Waals surface area contributed by atoms with Gasteiger partial charge in [-0.05, 0) is 25.1 Å². The Hall–Kier alpha value is -1.79. The normalized spacial score (nSPS) is 15.1. The number of amides is 4. The quantitative estimate of drug-likeness (QED) is 0.613. The van der Waals surface area contributed by atoms with Gasteiger partial charge in [0.1, 0.15) is 12.4 Å². The minimum absolute atomic E-state index is 0.0289. The molecule has 0 spiro atoms. The Bertz CT molecular complexity index is 606. The van der Waals surface area contributed by atoms with Crippen molar-refractivity contribution in [3.05, 3.63) is 28.2 Å². The van der Waals surface area contributed by atoms with E-state index < -0.39 is 17.8 Å². The fourth-order valence-corrected chi connectivity index (χ4v) is 2.33. The van der Waals surface area contributed by atoms with E-state index in [-0.39, 0.29) is 19.7 Å². The van der Waals surface area contributed by atoms with Gasteiger partial charge in [-0.3, -0.25) is 19.4 Å². The summed E-state index contributed by atoms with van der Waals surface area (Å²) in [7, 11) is 0. The van der Waals surface area contributed by atoms with Crippen molar-refractivity contribution in [2.45, 2.75) is 6.92 Å². The van der Waals surface area contributed by atoms with Gasteiger partial charge in [-0.15, -0.1) is 0 Å². The van der Waals surface area contributed by atoms with Gasteiger partial charge >= 0.3 is 17.8 Å². The van der Waals surface area contributed by atoms with E-state index in [9.17, 15) is 14.4 Å². The third kappa shape index (κ3) is 3.11. The Labute approximate surface area is 131 Å². The smallest absolute Gasteiger partial charge is 0.334 e. The van der Waals surface area contributed by atoms with Crippen molar-refractivity contribution in [3.63, 3.8) is 0 Å². The minimum Gasteiger partial charge on any atom is -0.490 e. The molecule has 1 heterocycles. The molecule has 1 fully saturated rings. The Morgan fingerprint density at radius 3 is 2.33 bits per heavy atom. The summed E-state index contributed by atoms with van der Waals surface area (Å²) in [6, 6.07) is 4.09. The summed E-state index contributed by atoms with van der Waals surface area (Å²) in [5, 5.41) is 0.800. The van der Waals surface area contributed by atoms with Gasteiger partial charge in [0.15, 0.2) is 0 Å². The van der Waals surface area contributed by atoms with Gasteiger partial charge < -0.3 is 4.74 Å². The van der Waals surface area contributed by atoms with Crippen LogP contribution in [0.3, 0.4) is 0 Å². The van der Waals surface area contributed by atoms with E-state index in [0.29, 0.717) is 15.8 Å². The van der Waals surface area contributed by atoms with Crippen molar-refractivity contribution >= 4 is 41.0 Å². The molecule has 8 heteroatoms. The molecule has 0 bridgehead atoms. The summed E-state index contributed by atoms with van der Waals surface area (Å²) < 4.78 is 5.39. The molecule has 0 saturated carbocycles. The van der Waals surface area contributed by atoms with Crippen molar-refractivity contribution in [1.82, 2.24) is 9.80 Å². The Kier molecular flexibility index (Phi) is 4.69. The van der Waals surface area contributed by atoms with E-state index in [2.05, 4.69) is 0 Å². The van der Waals surface area contributed by atoms with Crippen molar-refractivity contribution in [2.24, 2.45) is 0 Å². The molecule has 1 aromatic rings. The standard InChI is InChI=1S/C13H12Cl2N2O4/c1-2-16-11(18)12(19)17(13(16)20)5-6-21-10-4-3-8(14)7-9(10)15/h3-4,7H,2,5-6H2,1H3. The van der Waals surface area contributed by atoms with Crippen molar-refractivity contribution in [3.8, 4) is 5.75 Å². The van der Waals surface area contributed by atoms with Gasteiger partial charge in [0.2, 0.25) is 0 Å². The first-order chi connectivity index (χ1) is 9.95. The summed E-state index contributed by atoms with van der Waals surface area (Å²) in [5.41, 5.74) is 0. The van der Waals surface area contributed by atoms with E-state index >= 15 is 0 Å². The van der Waals surface area contributed by atoms with E-state index in [4.69, 9.17) is 27.9 Å². The fourth-order valence-electron chi connectivity index (χ4n) is 1.87. The Morgan fingerprint density at radius 1 is 1.10 bits per heavy atom. The molecule has 2 rings (SSSR count). The SMILES string of the molecule is CCN1C(=O)C(=O)N(CCOc2ccc(Cl)cc2Cl)C1=O. The first kappa shape index (κ1) is 15.6. The highest BCUT2D eigenvalue weighted by atomic mass is 35.5. The summed E-state index contributed by atoms with van der Waals surface area (Å²) in [6.45, 7) is 1.78. The predicted octanol–water partition coefficient (Wildman–Crippen LogP) is 2.18. The molecule has 0 N–H and O–H groups in total. The number of likely N-dealkylation sites (N-methyl/N-ethyl adjacent to an activating group) is 1. The average molecular weight is 331 g/mol. The minimum atomic E-state index is -0.840. The lowest BCUT2D eigenvalue weighted by Crippen LogP contribution is -2.36. The summed E-state index contributed by atoms with van der Waals surface area (Å²) >= 11 is 11.7. The third-order valence-electron chi connectivity index (χ3n) is 2.92. The van der Waals surface area contributed by atoms with Crippen LogP contribution < -0.4 is 4.74 Å². The number of hydrogen-bond donors (Lipinski definition) is 0. The predicted molar refractivity (Wildman–Crippen MR) is 76.5 cm³/mol. The maximum absolute atomic E-state index is 11.8. The van der Waals surface area contributed by atoms with Crippen molar-refractivity contribution < 1.29 is 19.1 Å². The summed E-state index contributed by atoms with van der Waals surface area (Å²) in [5.74, 6) is -1.27. The third-order valence-corrected chi connectivity index (χ3v) is 3.45.